The Morgan fingerprint density at radius 1 is 1.22 bits per heavy atom. The van der Waals surface area contributed by atoms with E-state index < -0.39 is 0 Å². The minimum absolute atomic E-state index is 0.622. The van der Waals surface area contributed by atoms with Gasteiger partial charge in [0.25, 0.3) is 0 Å². The highest BCUT2D eigenvalue weighted by Crippen LogP contribution is 2.17. The zero-order valence-electron chi connectivity index (χ0n) is 15.7. The third-order valence-electron chi connectivity index (χ3n) is 4.19. The Balaban J connectivity index is 1.58. The summed E-state index contributed by atoms with van der Waals surface area (Å²) in [6.07, 6.45) is 5.73. The predicted octanol–water partition coefficient (Wildman–Crippen LogP) is 4.05. The number of rotatable bonds is 6. The number of benzene rings is 1. The Labute approximate surface area is 173 Å². The topological polar surface area (TPSA) is 50.9 Å². The number of hydrogen-bond donors (Lipinski definition) is 1. The first-order valence-corrected chi connectivity index (χ1v) is 9.96. The number of anilines is 1. The van der Waals surface area contributed by atoms with E-state index in [1.165, 1.54) is 11.1 Å². The average molecular weight is 447 g/mol. The van der Waals surface area contributed by atoms with Crippen molar-refractivity contribution in [3.05, 3.63) is 64.1 Å². The zero-order chi connectivity index (χ0) is 19.4. The summed E-state index contributed by atoms with van der Waals surface area (Å²) in [6.45, 7) is 6.34. The maximum absolute atomic E-state index is 5.52. The van der Waals surface area contributed by atoms with Gasteiger partial charge in [0.15, 0.2) is 5.11 Å². The fourth-order valence-electron chi connectivity index (χ4n) is 2.62. The first kappa shape index (κ1) is 19.6. The summed E-state index contributed by atoms with van der Waals surface area (Å²) in [5.74, 6) is 0. The quantitative estimate of drug-likeness (QED) is 0.578. The third-order valence-corrected chi connectivity index (χ3v) is 5.27. The van der Waals surface area contributed by atoms with Gasteiger partial charge in [0, 0.05) is 26.0 Å². The summed E-state index contributed by atoms with van der Waals surface area (Å²) in [5, 5.41) is 12.8. The van der Waals surface area contributed by atoms with E-state index >= 15 is 0 Å². The molecule has 142 valence electrons. The smallest absolute Gasteiger partial charge is 0.173 e. The Kier molecular flexibility index (Phi) is 6.28. The van der Waals surface area contributed by atoms with Crippen molar-refractivity contribution in [2.75, 3.05) is 12.4 Å². The molecule has 8 heteroatoms. The summed E-state index contributed by atoms with van der Waals surface area (Å²) >= 11 is 9.07. The van der Waals surface area contributed by atoms with Crippen LogP contribution in [0.1, 0.15) is 23.7 Å². The van der Waals surface area contributed by atoms with Crippen LogP contribution in [0.5, 0.6) is 0 Å². The van der Waals surface area contributed by atoms with Gasteiger partial charge in [-0.25, -0.2) is 0 Å². The van der Waals surface area contributed by atoms with Crippen LogP contribution in [0.4, 0.5) is 5.69 Å². The fraction of sp³-hybridized carbons (Fsp3) is 0.316. The van der Waals surface area contributed by atoms with Crippen LogP contribution in [0.25, 0.3) is 0 Å². The third kappa shape index (κ3) is 5.17. The number of aryl methyl sites for hydroxylation is 2. The summed E-state index contributed by atoms with van der Waals surface area (Å²) in [5.41, 5.74) is 4.30. The fourth-order valence-corrected chi connectivity index (χ4v) is 3.24. The lowest BCUT2D eigenvalue weighted by Crippen LogP contribution is -2.30. The van der Waals surface area contributed by atoms with Crippen LogP contribution >= 0.6 is 28.1 Å². The number of hydrogen-bond acceptors (Lipinski definition) is 3. The van der Waals surface area contributed by atoms with E-state index in [-0.39, 0.29) is 0 Å². The summed E-state index contributed by atoms with van der Waals surface area (Å²) in [4.78, 5) is 1.96. The molecule has 0 unspecified atom stereocenters. The van der Waals surface area contributed by atoms with Crippen molar-refractivity contribution < 1.29 is 0 Å². The summed E-state index contributed by atoms with van der Waals surface area (Å²) in [7, 11) is 1.95. The van der Waals surface area contributed by atoms with Crippen LogP contribution in [0, 0.1) is 6.92 Å². The molecule has 0 amide bonds. The molecule has 0 saturated heterocycles. The molecule has 0 atom stereocenters. The summed E-state index contributed by atoms with van der Waals surface area (Å²) in [6, 6.07) is 8.46. The molecule has 0 aliphatic heterocycles. The molecular weight excluding hydrogens is 424 g/mol. The molecule has 0 aliphatic carbocycles. The van der Waals surface area contributed by atoms with Gasteiger partial charge < -0.3 is 10.2 Å². The SMILES string of the molecule is CCn1cc(Br)c(CN(C)C(=S)Nc2cnn(Cc3ccc(C)cc3)c2)n1. The lowest BCUT2D eigenvalue weighted by molar-refractivity contribution is 0.491. The molecule has 1 N–H and O–H groups in total. The number of thiocarbonyl (C=S) groups is 1. The van der Waals surface area contributed by atoms with Crippen molar-refractivity contribution in [3.8, 4) is 0 Å². The van der Waals surface area contributed by atoms with Crippen LogP contribution in [-0.2, 0) is 19.6 Å². The maximum atomic E-state index is 5.52. The van der Waals surface area contributed by atoms with Gasteiger partial charge in [0.1, 0.15) is 0 Å². The molecule has 0 fully saturated rings. The van der Waals surface area contributed by atoms with Gasteiger partial charge in [-0.05, 0) is 47.6 Å². The van der Waals surface area contributed by atoms with Gasteiger partial charge >= 0.3 is 0 Å². The van der Waals surface area contributed by atoms with E-state index in [1.54, 1.807) is 6.20 Å². The monoisotopic (exact) mass is 446 g/mol. The second-order valence-electron chi connectivity index (χ2n) is 6.48. The first-order chi connectivity index (χ1) is 12.9. The molecular formula is C19H23BrN6S. The molecule has 27 heavy (non-hydrogen) atoms. The van der Waals surface area contributed by atoms with E-state index in [1.807, 2.05) is 33.7 Å². The van der Waals surface area contributed by atoms with Crippen LogP contribution in [-0.4, -0.2) is 36.6 Å². The lowest BCUT2D eigenvalue weighted by Gasteiger charge is -2.19. The van der Waals surface area contributed by atoms with E-state index in [0.29, 0.717) is 11.7 Å². The Morgan fingerprint density at radius 2 is 1.96 bits per heavy atom. The predicted molar refractivity (Wildman–Crippen MR) is 116 cm³/mol. The van der Waals surface area contributed by atoms with Gasteiger partial charge in [0.2, 0.25) is 0 Å². The molecule has 3 rings (SSSR count). The molecule has 1 aromatic carbocycles. The lowest BCUT2D eigenvalue weighted by atomic mass is 10.1. The van der Waals surface area contributed by atoms with Gasteiger partial charge in [-0.2, -0.15) is 10.2 Å². The molecule has 6 nitrogen and oxygen atoms in total. The molecule has 0 spiro atoms. The number of nitrogens with one attached hydrogen (secondary N) is 1. The molecule has 0 saturated carbocycles. The van der Waals surface area contributed by atoms with Gasteiger partial charge in [-0.1, -0.05) is 29.8 Å². The van der Waals surface area contributed by atoms with Crippen LogP contribution in [0.3, 0.4) is 0 Å². The minimum atomic E-state index is 0.622. The van der Waals surface area contributed by atoms with Crippen molar-refractivity contribution in [1.29, 1.82) is 0 Å². The first-order valence-electron chi connectivity index (χ1n) is 8.76. The second-order valence-corrected chi connectivity index (χ2v) is 7.72. The number of nitrogens with zero attached hydrogens (tertiary/aromatic N) is 5. The van der Waals surface area contributed by atoms with Crippen LogP contribution in [0.2, 0.25) is 0 Å². The van der Waals surface area contributed by atoms with E-state index in [2.05, 4.69) is 69.6 Å². The average Bonchev–Trinajstić information content (AvgIpc) is 3.23. The van der Waals surface area contributed by atoms with Gasteiger partial charge in [-0.3, -0.25) is 9.36 Å². The minimum Gasteiger partial charge on any atom is -0.346 e. The van der Waals surface area contributed by atoms with Crippen molar-refractivity contribution in [1.82, 2.24) is 24.5 Å². The Morgan fingerprint density at radius 3 is 2.63 bits per heavy atom. The molecule has 0 radical (unpaired) electrons. The standard InChI is InChI=1S/C19H23BrN6S/c1-4-25-12-17(20)18(23-25)13-24(3)19(27)22-16-9-21-26(11-16)10-15-7-5-14(2)6-8-15/h5-9,11-12H,4,10,13H2,1-3H3,(H,22,27). The Hall–Kier alpha value is -2.19. The van der Waals surface area contributed by atoms with Crippen molar-refractivity contribution in [2.45, 2.75) is 33.5 Å². The van der Waals surface area contributed by atoms with Gasteiger partial charge in [-0.15, -0.1) is 0 Å². The normalized spacial score (nSPS) is 10.8. The van der Waals surface area contributed by atoms with E-state index in [4.69, 9.17) is 12.2 Å². The molecule has 2 heterocycles. The van der Waals surface area contributed by atoms with Crippen LogP contribution in [0.15, 0.2) is 47.3 Å². The van der Waals surface area contributed by atoms with Crippen LogP contribution < -0.4 is 5.32 Å². The number of halogens is 1. The van der Waals surface area contributed by atoms with Crippen molar-refractivity contribution in [2.24, 2.45) is 0 Å². The second kappa shape index (κ2) is 8.67. The largest absolute Gasteiger partial charge is 0.346 e. The maximum Gasteiger partial charge on any atom is 0.173 e. The van der Waals surface area contributed by atoms with Crippen molar-refractivity contribution in [3.63, 3.8) is 0 Å². The highest BCUT2D eigenvalue weighted by atomic mass is 79.9. The summed E-state index contributed by atoms with van der Waals surface area (Å²) < 4.78 is 4.79. The molecule has 2 aromatic heterocycles. The highest BCUT2D eigenvalue weighted by Gasteiger charge is 2.12. The zero-order valence-corrected chi connectivity index (χ0v) is 18.1. The van der Waals surface area contributed by atoms with E-state index in [9.17, 15) is 0 Å². The molecule has 0 bridgehead atoms. The molecule has 3 aromatic rings. The number of aromatic nitrogens is 4. The van der Waals surface area contributed by atoms with Gasteiger partial charge in [0.05, 0.1) is 35.1 Å². The Bertz CT molecular complexity index is 915. The van der Waals surface area contributed by atoms with Crippen molar-refractivity contribution >= 4 is 38.9 Å². The molecule has 0 aliphatic rings. The van der Waals surface area contributed by atoms with E-state index in [0.717, 1.165) is 28.9 Å². The highest BCUT2D eigenvalue weighted by molar-refractivity contribution is 9.10.